The van der Waals surface area contributed by atoms with Gasteiger partial charge in [0.25, 0.3) is 0 Å². The molecule has 0 aliphatic rings. The fraction of sp³-hybridized carbons (Fsp3) is 0.429. The molecule has 0 aromatic heterocycles. The SMILES string of the molecule is CC(C)c1ccc(OC(F)F)c(F)c1.CNc1c(C)cc(C(C)C)cc1F. The van der Waals surface area contributed by atoms with Crippen molar-refractivity contribution in [3.8, 4) is 5.75 Å². The van der Waals surface area contributed by atoms with Gasteiger partial charge in [-0.3, -0.25) is 0 Å². The first-order valence-electron chi connectivity index (χ1n) is 8.78. The molecular weight excluding hydrogens is 358 g/mol. The summed E-state index contributed by atoms with van der Waals surface area (Å²) in [6.07, 6.45) is 0. The summed E-state index contributed by atoms with van der Waals surface area (Å²) in [6.45, 7) is 6.83. The van der Waals surface area contributed by atoms with E-state index in [2.05, 4.69) is 23.9 Å². The Morgan fingerprint density at radius 2 is 1.41 bits per heavy atom. The van der Waals surface area contributed by atoms with E-state index < -0.39 is 18.2 Å². The third-order valence-electron chi connectivity index (χ3n) is 4.07. The second-order valence-corrected chi connectivity index (χ2v) is 6.82. The molecule has 1 N–H and O–H groups in total. The molecule has 0 aliphatic carbocycles. The van der Waals surface area contributed by atoms with Gasteiger partial charge < -0.3 is 10.1 Å². The summed E-state index contributed by atoms with van der Waals surface area (Å²) in [5, 5.41) is 2.85. The lowest BCUT2D eigenvalue weighted by molar-refractivity contribution is -0.0522. The maximum absolute atomic E-state index is 13.4. The van der Waals surface area contributed by atoms with Crippen molar-refractivity contribution in [2.45, 2.75) is 53.1 Å². The van der Waals surface area contributed by atoms with Crippen molar-refractivity contribution in [3.63, 3.8) is 0 Å². The zero-order chi connectivity index (χ0) is 20.7. The highest BCUT2D eigenvalue weighted by molar-refractivity contribution is 5.53. The fourth-order valence-electron chi connectivity index (χ4n) is 2.49. The zero-order valence-electron chi connectivity index (χ0n) is 16.5. The van der Waals surface area contributed by atoms with Gasteiger partial charge in [-0.1, -0.05) is 39.8 Å². The van der Waals surface area contributed by atoms with Gasteiger partial charge in [0.05, 0.1) is 5.69 Å². The number of rotatable bonds is 5. The molecule has 0 atom stereocenters. The Kier molecular flexibility index (Phi) is 8.60. The van der Waals surface area contributed by atoms with Crippen molar-refractivity contribution in [1.29, 1.82) is 0 Å². The van der Waals surface area contributed by atoms with Crippen LogP contribution in [0.25, 0.3) is 0 Å². The molecule has 0 saturated heterocycles. The predicted molar refractivity (Wildman–Crippen MR) is 102 cm³/mol. The number of nitrogens with one attached hydrogen (secondary N) is 1. The topological polar surface area (TPSA) is 21.3 Å². The van der Waals surface area contributed by atoms with Crippen LogP contribution in [-0.4, -0.2) is 13.7 Å². The number of ether oxygens (including phenoxy) is 1. The molecule has 2 aromatic rings. The number of anilines is 1. The first-order valence-corrected chi connectivity index (χ1v) is 8.78. The van der Waals surface area contributed by atoms with Crippen LogP contribution in [0, 0.1) is 18.6 Å². The molecular formula is C21H27F4NO. The highest BCUT2D eigenvalue weighted by Crippen LogP contribution is 2.25. The summed E-state index contributed by atoms with van der Waals surface area (Å²) in [4.78, 5) is 0. The maximum Gasteiger partial charge on any atom is 0.387 e. The van der Waals surface area contributed by atoms with Crippen LogP contribution in [0.5, 0.6) is 5.75 Å². The molecule has 2 rings (SSSR count). The van der Waals surface area contributed by atoms with E-state index in [4.69, 9.17) is 0 Å². The Labute approximate surface area is 158 Å². The van der Waals surface area contributed by atoms with E-state index >= 15 is 0 Å². The Bertz CT molecular complexity index is 722. The maximum atomic E-state index is 13.4. The summed E-state index contributed by atoms with van der Waals surface area (Å²) in [5.41, 5.74) is 3.37. The van der Waals surface area contributed by atoms with Gasteiger partial charge in [-0.25, -0.2) is 8.78 Å². The molecule has 6 heteroatoms. The molecule has 2 nitrogen and oxygen atoms in total. The third-order valence-corrected chi connectivity index (χ3v) is 4.07. The molecule has 0 saturated carbocycles. The number of hydrogen-bond acceptors (Lipinski definition) is 2. The number of hydrogen-bond donors (Lipinski definition) is 1. The quantitative estimate of drug-likeness (QED) is 0.568. The van der Waals surface area contributed by atoms with E-state index in [0.29, 0.717) is 11.6 Å². The van der Waals surface area contributed by atoms with Crippen LogP contribution in [0.1, 0.15) is 56.2 Å². The minimum atomic E-state index is -2.99. The van der Waals surface area contributed by atoms with Crippen molar-refractivity contribution < 1.29 is 22.3 Å². The Balaban J connectivity index is 0.000000271. The lowest BCUT2D eigenvalue weighted by Crippen LogP contribution is -2.04. The number of aryl methyl sites for hydroxylation is 1. The molecule has 0 amide bonds. The Morgan fingerprint density at radius 3 is 1.81 bits per heavy atom. The summed E-state index contributed by atoms with van der Waals surface area (Å²) in [7, 11) is 1.74. The number of benzene rings is 2. The molecule has 0 aliphatic heterocycles. The van der Waals surface area contributed by atoms with Crippen LogP contribution in [0.3, 0.4) is 0 Å². The number of halogens is 4. The normalized spacial score (nSPS) is 10.9. The van der Waals surface area contributed by atoms with E-state index in [1.807, 2.05) is 26.8 Å². The Morgan fingerprint density at radius 1 is 0.852 bits per heavy atom. The van der Waals surface area contributed by atoms with Crippen molar-refractivity contribution in [2.75, 3.05) is 12.4 Å². The fourth-order valence-corrected chi connectivity index (χ4v) is 2.49. The minimum Gasteiger partial charge on any atom is -0.432 e. The average molecular weight is 385 g/mol. The molecule has 0 spiro atoms. The lowest BCUT2D eigenvalue weighted by atomic mass is 10.00. The van der Waals surface area contributed by atoms with E-state index in [-0.39, 0.29) is 11.7 Å². The molecule has 0 radical (unpaired) electrons. The Hall–Kier alpha value is -2.24. The summed E-state index contributed by atoms with van der Waals surface area (Å²) in [5.74, 6) is -0.795. The molecule has 150 valence electrons. The lowest BCUT2D eigenvalue weighted by Gasteiger charge is -2.11. The van der Waals surface area contributed by atoms with E-state index in [1.54, 1.807) is 19.2 Å². The number of alkyl halides is 2. The third kappa shape index (κ3) is 6.77. The van der Waals surface area contributed by atoms with Gasteiger partial charge in [-0.15, -0.1) is 0 Å². The van der Waals surface area contributed by atoms with Crippen molar-refractivity contribution in [3.05, 3.63) is 58.7 Å². The van der Waals surface area contributed by atoms with Gasteiger partial charge in [0.2, 0.25) is 0 Å². The molecule has 2 aromatic carbocycles. The first-order chi connectivity index (χ1) is 12.6. The van der Waals surface area contributed by atoms with E-state index in [1.165, 1.54) is 12.1 Å². The van der Waals surface area contributed by atoms with Crippen LogP contribution in [0.2, 0.25) is 0 Å². The standard InChI is InChI=1S/C11H16FN.C10H11F3O/c1-7(2)9-5-8(3)11(13-4)10(12)6-9;1-6(2)7-3-4-9(8(11)5-7)14-10(12)13/h5-7,13H,1-4H3;3-6,10H,1-2H3. The molecule has 0 heterocycles. The van der Waals surface area contributed by atoms with Gasteiger partial charge >= 0.3 is 6.61 Å². The summed E-state index contributed by atoms with van der Waals surface area (Å²) >= 11 is 0. The van der Waals surface area contributed by atoms with Crippen LogP contribution >= 0.6 is 0 Å². The summed E-state index contributed by atoms with van der Waals surface area (Å²) in [6, 6.07) is 7.63. The van der Waals surface area contributed by atoms with Crippen molar-refractivity contribution in [2.24, 2.45) is 0 Å². The first kappa shape index (κ1) is 22.8. The molecule has 27 heavy (non-hydrogen) atoms. The van der Waals surface area contributed by atoms with Crippen molar-refractivity contribution >= 4 is 5.69 Å². The highest BCUT2D eigenvalue weighted by atomic mass is 19.3. The van der Waals surface area contributed by atoms with Crippen molar-refractivity contribution in [1.82, 2.24) is 0 Å². The summed E-state index contributed by atoms with van der Waals surface area (Å²) < 4.78 is 54.0. The molecule has 0 fully saturated rings. The van der Waals surface area contributed by atoms with Gasteiger partial charge in [0.1, 0.15) is 5.82 Å². The molecule has 0 bridgehead atoms. The monoisotopic (exact) mass is 385 g/mol. The second-order valence-electron chi connectivity index (χ2n) is 6.82. The van der Waals surface area contributed by atoms with Crippen LogP contribution in [0.4, 0.5) is 23.2 Å². The minimum absolute atomic E-state index is 0.157. The van der Waals surface area contributed by atoms with Crippen LogP contribution < -0.4 is 10.1 Å². The van der Waals surface area contributed by atoms with E-state index in [9.17, 15) is 17.6 Å². The second kappa shape index (κ2) is 10.2. The zero-order valence-corrected chi connectivity index (χ0v) is 16.5. The van der Waals surface area contributed by atoms with Gasteiger partial charge in [-0.2, -0.15) is 8.78 Å². The van der Waals surface area contributed by atoms with Gasteiger partial charge in [-0.05, 0) is 53.6 Å². The highest BCUT2D eigenvalue weighted by Gasteiger charge is 2.11. The van der Waals surface area contributed by atoms with E-state index in [0.717, 1.165) is 16.7 Å². The largest absolute Gasteiger partial charge is 0.432 e. The van der Waals surface area contributed by atoms with Gasteiger partial charge in [0, 0.05) is 7.05 Å². The molecule has 0 unspecified atom stereocenters. The average Bonchev–Trinajstić information content (AvgIpc) is 2.56. The predicted octanol–water partition coefficient (Wildman–Crippen LogP) is 6.85. The van der Waals surface area contributed by atoms with Crippen LogP contribution in [0.15, 0.2) is 30.3 Å². The van der Waals surface area contributed by atoms with Crippen LogP contribution in [-0.2, 0) is 0 Å². The smallest absolute Gasteiger partial charge is 0.387 e. The van der Waals surface area contributed by atoms with Gasteiger partial charge in [0.15, 0.2) is 11.6 Å².